The second-order valence-electron chi connectivity index (χ2n) is 3.99. The molecular weight excluding hydrogens is 184 g/mol. The number of carbonyl (C=O) groups is 1. The summed E-state index contributed by atoms with van der Waals surface area (Å²) in [6, 6.07) is 0. The first-order chi connectivity index (χ1) is 5.95. The van der Waals surface area contributed by atoms with E-state index in [1.165, 1.54) is 0 Å². The highest BCUT2D eigenvalue weighted by Crippen LogP contribution is 2.24. The number of nitrogens with two attached hydrogens (primary N) is 1. The third-order valence-electron chi connectivity index (χ3n) is 1.49. The van der Waals surface area contributed by atoms with Gasteiger partial charge in [-0.1, -0.05) is 20.8 Å². The van der Waals surface area contributed by atoms with E-state index < -0.39 is 0 Å². The monoisotopic (exact) mass is 204 g/mol. The van der Waals surface area contributed by atoms with Crippen molar-refractivity contribution in [1.82, 2.24) is 5.43 Å². The lowest BCUT2D eigenvalue weighted by Crippen LogP contribution is -2.29. The summed E-state index contributed by atoms with van der Waals surface area (Å²) < 4.78 is 0.329. The molecule has 0 radical (unpaired) electrons. The third-order valence-corrected chi connectivity index (χ3v) is 2.85. The van der Waals surface area contributed by atoms with Crippen molar-refractivity contribution in [1.29, 1.82) is 0 Å². The van der Waals surface area contributed by atoms with Crippen molar-refractivity contribution < 1.29 is 4.79 Å². The van der Waals surface area contributed by atoms with Crippen molar-refractivity contribution in [2.75, 3.05) is 5.75 Å². The molecule has 0 atom stereocenters. The first-order valence-electron chi connectivity index (χ1n) is 4.59. The van der Waals surface area contributed by atoms with Crippen LogP contribution in [-0.4, -0.2) is 16.4 Å². The summed E-state index contributed by atoms with van der Waals surface area (Å²) in [5, 5.41) is 0. The van der Waals surface area contributed by atoms with E-state index in [2.05, 4.69) is 26.2 Å². The van der Waals surface area contributed by atoms with Crippen LogP contribution in [-0.2, 0) is 4.79 Å². The van der Waals surface area contributed by atoms with E-state index in [1.54, 1.807) is 0 Å². The van der Waals surface area contributed by atoms with Crippen LogP contribution < -0.4 is 11.3 Å². The maximum Gasteiger partial charge on any atom is 0.233 e. The Hall–Kier alpha value is -0.220. The zero-order valence-electron chi connectivity index (χ0n) is 8.72. The van der Waals surface area contributed by atoms with Crippen LogP contribution in [0, 0.1) is 0 Å². The molecule has 0 saturated carbocycles. The molecule has 3 nitrogen and oxygen atoms in total. The number of nitrogens with one attached hydrogen (secondary N) is 1. The minimum atomic E-state index is -0.0687. The quantitative estimate of drug-likeness (QED) is 0.310. The Morgan fingerprint density at radius 1 is 1.38 bits per heavy atom. The summed E-state index contributed by atoms with van der Waals surface area (Å²) in [5.74, 6) is 5.99. The van der Waals surface area contributed by atoms with Crippen LogP contribution in [0.15, 0.2) is 0 Å². The van der Waals surface area contributed by atoms with E-state index in [0.29, 0.717) is 11.2 Å². The molecule has 13 heavy (non-hydrogen) atoms. The molecule has 78 valence electrons. The smallest absolute Gasteiger partial charge is 0.233 e. The number of hydrogen-bond donors (Lipinski definition) is 2. The minimum Gasteiger partial charge on any atom is -0.294 e. The van der Waals surface area contributed by atoms with Crippen molar-refractivity contribution in [3.05, 3.63) is 0 Å². The summed E-state index contributed by atoms with van der Waals surface area (Å²) >= 11 is 1.93. The largest absolute Gasteiger partial charge is 0.294 e. The van der Waals surface area contributed by atoms with E-state index in [-0.39, 0.29) is 5.91 Å². The lowest BCUT2D eigenvalue weighted by Gasteiger charge is -2.16. The zero-order valence-corrected chi connectivity index (χ0v) is 9.54. The Morgan fingerprint density at radius 3 is 2.46 bits per heavy atom. The molecule has 3 N–H and O–H groups in total. The number of carbonyl (C=O) groups excluding carboxylic acids is 1. The highest BCUT2D eigenvalue weighted by molar-refractivity contribution is 8.00. The van der Waals surface area contributed by atoms with E-state index in [9.17, 15) is 4.79 Å². The number of hydrogen-bond acceptors (Lipinski definition) is 3. The molecule has 0 unspecified atom stereocenters. The van der Waals surface area contributed by atoms with Gasteiger partial charge in [0.1, 0.15) is 0 Å². The molecule has 0 spiro atoms. The maximum atomic E-state index is 10.7. The fraction of sp³-hybridized carbons (Fsp3) is 0.889. The molecule has 0 aliphatic rings. The molecule has 0 aromatic carbocycles. The number of thioether (sulfide) groups is 1. The van der Waals surface area contributed by atoms with Crippen molar-refractivity contribution in [2.45, 2.75) is 44.8 Å². The fourth-order valence-electron chi connectivity index (χ4n) is 0.838. The predicted octanol–water partition coefficient (Wildman–Crippen LogP) is 1.68. The predicted molar refractivity (Wildman–Crippen MR) is 58.4 cm³/mol. The van der Waals surface area contributed by atoms with E-state index in [1.807, 2.05) is 11.8 Å². The molecule has 0 bridgehead atoms. The Labute approximate surface area is 84.8 Å². The Morgan fingerprint density at radius 2 is 2.00 bits per heavy atom. The van der Waals surface area contributed by atoms with Crippen LogP contribution in [0.25, 0.3) is 0 Å². The summed E-state index contributed by atoms with van der Waals surface area (Å²) in [4.78, 5) is 10.7. The SMILES string of the molecule is CC(C)(C)SCCCCC(=O)NN. The topological polar surface area (TPSA) is 55.1 Å². The van der Waals surface area contributed by atoms with Crippen LogP contribution in [0.3, 0.4) is 0 Å². The molecular formula is C9H20N2OS. The fourth-order valence-corrected chi connectivity index (χ4v) is 1.80. The molecule has 0 heterocycles. The van der Waals surface area contributed by atoms with Crippen LogP contribution in [0.2, 0.25) is 0 Å². The van der Waals surface area contributed by atoms with Gasteiger partial charge in [0.15, 0.2) is 0 Å². The van der Waals surface area contributed by atoms with Gasteiger partial charge in [-0.15, -0.1) is 0 Å². The van der Waals surface area contributed by atoms with Gasteiger partial charge in [0.2, 0.25) is 5.91 Å². The van der Waals surface area contributed by atoms with Crippen molar-refractivity contribution >= 4 is 17.7 Å². The molecule has 0 rings (SSSR count). The number of hydrazine groups is 1. The second-order valence-corrected chi connectivity index (χ2v) is 5.91. The number of rotatable bonds is 5. The van der Waals surface area contributed by atoms with Gasteiger partial charge in [0.25, 0.3) is 0 Å². The van der Waals surface area contributed by atoms with Gasteiger partial charge in [-0.2, -0.15) is 11.8 Å². The third kappa shape index (κ3) is 9.70. The molecule has 0 aliphatic heterocycles. The lowest BCUT2D eigenvalue weighted by molar-refractivity contribution is -0.121. The van der Waals surface area contributed by atoms with Crippen LogP contribution in [0.5, 0.6) is 0 Å². The highest BCUT2D eigenvalue weighted by atomic mass is 32.2. The Bertz CT molecular complexity index is 154. The second kappa shape index (κ2) is 6.27. The number of unbranched alkanes of at least 4 members (excludes halogenated alkanes) is 1. The van der Waals surface area contributed by atoms with Crippen LogP contribution in [0.1, 0.15) is 40.0 Å². The molecule has 1 amide bonds. The Kier molecular flexibility index (Phi) is 6.16. The molecule has 4 heteroatoms. The van der Waals surface area contributed by atoms with E-state index in [4.69, 9.17) is 5.84 Å². The van der Waals surface area contributed by atoms with Gasteiger partial charge in [0.05, 0.1) is 0 Å². The van der Waals surface area contributed by atoms with Gasteiger partial charge >= 0.3 is 0 Å². The van der Waals surface area contributed by atoms with Crippen molar-refractivity contribution in [3.8, 4) is 0 Å². The van der Waals surface area contributed by atoms with Gasteiger partial charge < -0.3 is 0 Å². The van der Waals surface area contributed by atoms with Crippen molar-refractivity contribution in [2.24, 2.45) is 5.84 Å². The molecule has 0 aromatic heterocycles. The summed E-state index contributed by atoms with van der Waals surface area (Å²) in [6.45, 7) is 6.60. The summed E-state index contributed by atoms with van der Waals surface area (Å²) in [7, 11) is 0. The number of amides is 1. The van der Waals surface area contributed by atoms with Crippen LogP contribution in [0.4, 0.5) is 0 Å². The lowest BCUT2D eigenvalue weighted by atomic mass is 10.2. The van der Waals surface area contributed by atoms with Crippen LogP contribution >= 0.6 is 11.8 Å². The first kappa shape index (κ1) is 12.8. The zero-order chi connectivity index (χ0) is 10.3. The normalized spacial score (nSPS) is 11.4. The van der Waals surface area contributed by atoms with Gasteiger partial charge in [-0.05, 0) is 18.6 Å². The van der Waals surface area contributed by atoms with E-state index >= 15 is 0 Å². The maximum absolute atomic E-state index is 10.7. The highest BCUT2D eigenvalue weighted by Gasteiger charge is 2.09. The minimum absolute atomic E-state index is 0.0687. The molecule has 0 saturated heterocycles. The molecule has 0 aromatic rings. The standard InChI is InChI=1S/C9H20N2OS/c1-9(2,3)13-7-5-4-6-8(12)11-10/h4-7,10H2,1-3H3,(H,11,12). The average Bonchev–Trinajstić information content (AvgIpc) is 2.01. The summed E-state index contributed by atoms with van der Waals surface area (Å²) in [6.07, 6.45) is 2.54. The average molecular weight is 204 g/mol. The van der Waals surface area contributed by atoms with Gasteiger partial charge in [-0.3, -0.25) is 10.2 Å². The van der Waals surface area contributed by atoms with E-state index in [0.717, 1.165) is 18.6 Å². The summed E-state index contributed by atoms with van der Waals surface area (Å²) in [5.41, 5.74) is 2.13. The first-order valence-corrected chi connectivity index (χ1v) is 5.57. The molecule has 0 aliphatic carbocycles. The van der Waals surface area contributed by atoms with Crippen molar-refractivity contribution in [3.63, 3.8) is 0 Å². The van der Waals surface area contributed by atoms with Gasteiger partial charge in [-0.25, -0.2) is 5.84 Å². The van der Waals surface area contributed by atoms with Gasteiger partial charge in [0, 0.05) is 11.2 Å². The molecule has 0 fully saturated rings. The Balaban J connectivity index is 3.22.